The van der Waals surface area contributed by atoms with E-state index in [-0.39, 0.29) is 11.7 Å². The second-order valence-electron chi connectivity index (χ2n) is 3.93. The van der Waals surface area contributed by atoms with Gasteiger partial charge in [0.05, 0.1) is 4.90 Å². The van der Waals surface area contributed by atoms with Crippen LogP contribution in [-0.2, 0) is 10.1 Å². The van der Waals surface area contributed by atoms with E-state index in [1.165, 1.54) is 31.3 Å². The first-order valence-corrected chi connectivity index (χ1v) is 7.73. The number of nitrogens with one attached hydrogen (secondary N) is 1. The lowest BCUT2D eigenvalue weighted by atomic mass is 10.1. The molecular weight excluding hydrogens is 294 g/mol. The highest BCUT2D eigenvalue weighted by Gasteiger charge is 2.14. The molecule has 21 heavy (non-hydrogen) atoms. The van der Waals surface area contributed by atoms with Gasteiger partial charge in [0, 0.05) is 24.1 Å². The van der Waals surface area contributed by atoms with Crippen LogP contribution in [0.4, 0.5) is 0 Å². The molecule has 2 aromatic carbocycles. The molecule has 6 nitrogen and oxygen atoms in total. The summed E-state index contributed by atoms with van der Waals surface area (Å²) in [6, 6.07) is 6.59. The van der Waals surface area contributed by atoms with Gasteiger partial charge in [0.25, 0.3) is 16.0 Å². The highest BCUT2D eigenvalue weighted by Crippen LogP contribution is 2.29. The van der Waals surface area contributed by atoms with Crippen molar-refractivity contribution in [1.82, 2.24) is 5.32 Å². The molecule has 0 aliphatic carbocycles. The van der Waals surface area contributed by atoms with Crippen LogP contribution in [0, 0.1) is 0 Å². The number of carbonyl (C=O) groups is 1. The van der Waals surface area contributed by atoms with Crippen LogP contribution in [0.3, 0.4) is 0 Å². The maximum absolute atomic E-state index is 11.5. The van der Waals surface area contributed by atoms with Crippen molar-refractivity contribution in [2.45, 2.75) is 18.7 Å². The SMILES string of the molecule is CC.CNC(=O)c1ccc2c(O)cc(S(=O)(=O)O)cc2c1. The van der Waals surface area contributed by atoms with E-state index in [2.05, 4.69) is 5.32 Å². The summed E-state index contributed by atoms with van der Waals surface area (Å²) in [5, 5.41) is 12.9. The van der Waals surface area contributed by atoms with Crippen molar-refractivity contribution >= 4 is 26.8 Å². The fraction of sp³-hybridized carbons (Fsp3) is 0.214. The number of hydrogen-bond donors (Lipinski definition) is 3. The Morgan fingerprint density at radius 1 is 1.14 bits per heavy atom. The molecule has 0 radical (unpaired) electrons. The van der Waals surface area contributed by atoms with Gasteiger partial charge in [0.2, 0.25) is 0 Å². The molecule has 1 amide bonds. The Hall–Kier alpha value is -2.12. The van der Waals surface area contributed by atoms with Gasteiger partial charge < -0.3 is 10.4 Å². The number of hydrogen-bond acceptors (Lipinski definition) is 4. The van der Waals surface area contributed by atoms with E-state index in [1.807, 2.05) is 13.8 Å². The van der Waals surface area contributed by atoms with Gasteiger partial charge in [0.1, 0.15) is 5.75 Å². The normalized spacial score (nSPS) is 10.7. The van der Waals surface area contributed by atoms with Gasteiger partial charge >= 0.3 is 0 Å². The first-order chi connectivity index (χ1) is 9.82. The molecule has 0 aromatic heterocycles. The van der Waals surface area contributed by atoms with Gasteiger partial charge in [-0.1, -0.05) is 13.8 Å². The van der Waals surface area contributed by atoms with E-state index in [4.69, 9.17) is 4.55 Å². The first-order valence-electron chi connectivity index (χ1n) is 6.29. The van der Waals surface area contributed by atoms with E-state index in [1.54, 1.807) is 0 Å². The van der Waals surface area contributed by atoms with Crippen LogP contribution in [-0.4, -0.2) is 31.0 Å². The zero-order valence-electron chi connectivity index (χ0n) is 11.9. The lowest BCUT2D eigenvalue weighted by Gasteiger charge is -2.06. The van der Waals surface area contributed by atoms with E-state index >= 15 is 0 Å². The highest BCUT2D eigenvalue weighted by molar-refractivity contribution is 7.85. The fourth-order valence-electron chi connectivity index (χ4n) is 1.76. The number of phenols is 1. The predicted octanol–water partition coefficient (Wildman–Crippen LogP) is 2.18. The minimum absolute atomic E-state index is 0.284. The molecule has 0 fully saturated rings. The molecule has 0 aliphatic heterocycles. The molecule has 3 N–H and O–H groups in total. The van der Waals surface area contributed by atoms with Crippen LogP contribution in [0.2, 0.25) is 0 Å². The van der Waals surface area contributed by atoms with Gasteiger partial charge in [-0.05, 0) is 29.7 Å². The maximum Gasteiger partial charge on any atom is 0.294 e. The van der Waals surface area contributed by atoms with Crippen molar-refractivity contribution in [2.75, 3.05) is 7.05 Å². The Bertz CT molecular complexity index is 768. The van der Waals surface area contributed by atoms with Crippen LogP contribution in [0.15, 0.2) is 35.2 Å². The van der Waals surface area contributed by atoms with Gasteiger partial charge in [-0.15, -0.1) is 0 Å². The summed E-state index contributed by atoms with van der Waals surface area (Å²) in [4.78, 5) is 11.1. The number of benzene rings is 2. The largest absolute Gasteiger partial charge is 0.507 e. The second kappa shape index (κ2) is 6.55. The molecule has 0 spiro atoms. The highest BCUT2D eigenvalue weighted by atomic mass is 32.2. The van der Waals surface area contributed by atoms with E-state index in [0.717, 1.165) is 6.07 Å². The predicted molar refractivity (Wildman–Crippen MR) is 80.2 cm³/mol. The van der Waals surface area contributed by atoms with Crippen LogP contribution in [0.25, 0.3) is 10.8 Å². The Morgan fingerprint density at radius 2 is 1.76 bits per heavy atom. The molecule has 0 atom stereocenters. The maximum atomic E-state index is 11.5. The smallest absolute Gasteiger partial charge is 0.294 e. The third-order valence-electron chi connectivity index (χ3n) is 2.69. The Morgan fingerprint density at radius 3 is 2.29 bits per heavy atom. The molecule has 2 aromatic rings. The summed E-state index contributed by atoms with van der Waals surface area (Å²) in [6.45, 7) is 4.00. The second-order valence-corrected chi connectivity index (χ2v) is 5.35. The topological polar surface area (TPSA) is 104 Å². The molecule has 0 aliphatic rings. The standard InChI is InChI=1S/C12H11NO5S.C2H6/c1-13-12(15)7-2-3-10-8(4-7)5-9(6-11(10)14)19(16,17)18;1-2/h2-6,14H,1H3,(H,13,15)(H,16,17,18);1-2H3. The molecule has 7 heteroatoms. The third kappa shape index (κ3) is 3.71. The molecule has 0 unspecified atom stereocenters. The Balaban J connectivity index is 0.00000106. The zero-order valence-corrected chi connectivity index (χ0v) is 12.7. The van der Waals surface area contributed by atoms with Gasteiger partial charge in [-0.3, -0.25) is 9.35 Å². The summed E-state index contributed by atoms with van der Waals surface area (Å²) in [5.41, 5.74) is 0.321. The average Bonchev–Trinajstić information content (AvgIpc) is 2.47. The van der Waals surface area contributed by atoms with Crippen molar-refractivity contribution in [1.29, 1.82) is 0 Å². The van der Waals surface area contributed by atoms with Crippen LogP contribution >= 0.6 is 0 Å². The monoisotopic (exact) mass is 311 g/mol. The Kier molecular flexibility index (Phi) is 5.28. The zero-order chi connectivity index (χ0) is 16.2. The van der Waals surface area contributed by atoms with Crippen LogP contribution in [0.1, 0.15) is 24.2 Å². The summed E-state index contributed by atoms with van der Waals surface area (Å²) in [6.07, 6.45) is 0. The quantitative estimate of drug-likeness (QED) is 0.737. The number of rotatable bonds is 2. The summed E-state index contributed by atoms with van der Waals surface area (Å²) in [7, 11) is -2.95. The van der Waals surface area contributed by atoms with Crippen molar-refractivity contribution < 1.29 is 22.9 Å². The lowest BCUT2D eigenvalue weighted by molar-refractivity contribution is 0.0963. The lowest BCUT2D eigenvalue weighted by Crippen LogP contribution is -2.17. The van der Waals surface area contributed by atoms with Crippen LogP contribution in [0.5, 0.6) is 5.75 Å². The number of phenolic OH excluding ortho intramolecular Hbond substituents is 1. The van der Waals surface area contributed by atoms with Gasteiger partial charge in [-0.2, -0.15) is 8.42 Å². The number of amides is 1. The molecule has 0 bridgehead atoms. The van der Waals surface area contributed by atoms with Gasteiger partial charge in [-0.25, -0.2) is 0 Å². The molecule has 114 valence electrons. The van der Waals surface area contributed by atoms with E-state index < -0.39 is 15.0 Å². The minimum Gasteiger partial charge on any atom is -0.507 e. The van der Waals surface area contributed by atoms with Crippen molar-refractivity contribution in [3.8, 4) is 5.75 Å². The summed E-state index contributed by atoms with van der Waals surface area (Å²) >= 11 is 0. The number of fused-ring (bicyclic) bond motifs is 1. The van der Waals surface area contributed by atoms with E-state index in [0.29, 0.717) is 16.3 Å². The molecule has 2 rings (SSSR count). The van der Waals surface area contributed by atoms with E-state index in [9.17, 15) is 18.3 Å². The molecular formula is C14H17NO5S. The minimum atomic E-state index is -4.42. The van der Waals surface area contributed by atoms with Crippen molar-refractivity contribution in [2.24, 2.45) is 0 Å². The average molecular weight is 311 g/mol. The molecule has 0 saturated carbocycles. The van der Waals surface area contributed by atoms with Crippen molar-refractivity contribution in [3.05, 3.63) is 35.9 Å². The Labute approximate surface area is 123 Å². The van der Waals surface area contributed by atoms with Crippen LogP contribution < -0.4 is 5.32 Å². The summed E-state index contributed by atoms with van der Waals surface area (Å²) < 4.78 is 31.1. The first kappa shape index (κ1) is 16.9. The third-order valence-corrected chi connectivity index (χ3v) is 3.52. The van der Waals surface area contributed by atoms with Gasteiger partial charge in [0.15, 0.2) is 0 Å². The molecule has 0 heterocycles. The fourth-order valence-corrected chi connectivity index (χ4v) is 2.29. The number of carbonyl (C=O) groups excluding carboxylic acids is 1. The number of aromatic hydroxyl groups is 1. The molecule has 0 saturated heterocycles. The van der Waals surface area contributed by atoms with Crippen molar-refractivity contribution in [3.63, 3.8) is 0 Å². The summed E-state index contributed by atoms with van der Waals surface area (Å²) in [5.74, 6) is -0.618.